The van der Waals surface area contributed by atoms with Gasteiger partial charge in [-0.25, -0.2) is 4.98 Å². The van der Waals surface area contributed by atoms with Crippen LogP contribution in [0, 0.1) is 0 Å². The summed E-state index contributed by atoms with van der Waals surface area (Å²) < 4.78 is 5.25. The lowest BCUT2D eigenvalue weighted by Crippen LogP contribution is -2.19. The minimum Gasteiger partial charge on any atom is -0.480 e. The van der Waals surface area contributed by atoms with E-state index in [9.17, 15) is 0 Å². The Morgan fingerprint density at radius 1 is 1.16 bits per heavy atom. The lowest BCUT2D eigenvalue weighted by atomic mass is 10.1. The van der Waals surface area contributed by atoms with E-state index in [4.69, 9.17) is 4.74 Å². The topological polar surface area (TPSA) is 59.9 Å². The van der Waals surface area contributed by atoms with Crippen molar-refractivity contribution >= 4 is 0 Å². The maximum atomic E-state index is 5.25. The number of pyridine rings is 1. The Kier molecular flexibility index (Phi) is 4.80. The number of aromatic nitrogens is 3. The molecule has 5 heteroatoms. The summed E-state index contributed by atoms with van der Waals surface area (Å²) >= 11 is 0. The zero-order valence-electron chi connectivity index (χ0n) is 11.2. The van der Waals surface area contributed by atoms with E-state index >= 15 is 0 Å². The average molecular weight is 258 g/mol. The van der Waals surface area contributed by atoms with E-state index in [2.05, 4.69) is 20.3 Å². The Morgan fingerprint density at radius 2 is 2.00 bits per heavy atom. The zero-order chi connectivity index (χ0) is 13.5. The van der Waals surface area contributed by atoms with E-state index in [1.54, 1.807) is 19.5 Å². The van der Waals surface area contributed by atoms with Crippen LogP contribution in [0.3, 0.4) is 0 Å². The highest BCUT2D eigenvalue weighted by molar-refractivity contribution is 5.21. The molecule has 0 saturated carbocycles. The molecule has 0 fully saturated rings. The van der Waals surface area contributed by atoms with Crippen molar-refractivity contribution in [3.63, 3.8) is 0 Å². The smallest absolute Gasteiger partial charge is 0.236 e. The lowest BCUT2D eigenvalue weighted by Gasteiger charge is -2.16. The predicted molar refractivity (Wildman–Crippen MR) is 72.9 cm³/mol. The minimum atomic E-state index is 0.102. The SMILES string of the molecule is CNC(CCc1ccccn1)c1nccnc1OC. The largest absolute Gasteiger partial charge is 0.480 e. The fraction of sp³-hybridized carbons (Fsp3) is 0.357. The second-order valence-electron chi connectivity index (χ2n) is 4.15. The molecule has 2 rings (SSSR count). The van der Waals surface area contributed by atoms with Gasteiger partial charge in [0.25, 0.3) is 0 Å². The van der Waals surface area contributed by atoms with E-state index in [0.717, 1.165) is 24.2 Å². The van der Waals surface area contributed by atoms with Crippen LogP contribution in [-0.4, -0.2) is 29.1 Å². The molecule has 1 N–H and O–H groups in total. The minimum absolute atomic E-state index is 0.102. The summed E-state index contributed by atoms with van der Waals surface area (Å²) in [5.41, 5.74) is 1.91. The first kappa shape index (κ1) is 13.4. The molecule has 0 saturated heterocycles. The van der Waals surface area contributed by atoms with Crippen LogP contribution < -0.4 is 10.1 Å². The van der Waals surface area contributed by atoms with Gasteiger partial charge >= 0.3 is 0 Å². The van der Waals surface area contributed by atoms with Crippen molar-refractivity contribution in [1.82, 2.24) is 20.3 Å². The molecule has 0 aliphatic carbocycles. The van der Waals surface area contributed by atoms with Gasteiger partial charge in [0.1, 0.15) is 5.69 Å². The van der Waals surface area contributed by atoms with Crippen LogP contribution in [0.4, 0.5) is 0 Å². The van der Waals surface area contributed by atoms with Gasteiger partial charge in [-0.1, -0.05) is 6.07 Å². The zero-order valence-corrected chi connectivity index (χ0v) is 11.2. The number of hydrogen-bond acceptors (Lipinski definition) is 5. The first-order valence-corrected chi connectivity index (χ1v) is 6.27. The van der Waals surface area contributed by atoms with E-state index < -0.39 is 0 Å². The quantitative estimate of drug-likeness (QED) is 0.855. The first-order valence-electron chi connectivity index (χ1n) is 6.27. The molecular formula is C14H18N4O. The van der Waals surface area contributed by atoms with Crippen molar-refractivity contribution in [2.24, 2.45) is 0 Å². The number of aryl methyl sites for hydroxylation is 1. The highest BCUT2D eigenvalue weighted by Crippen LogP contribution is 2.23. The highest BCUT2D eigenvalue weighted by atomic mass is 16.5. The van der Waals surface area contributed by atoms with E-state index in [0.29, 0.717) is 5.88 Å². The fourth-order valence-electron chi connectivity index (χ4n) is 1.99. The normalized spacial score (nSPS) is 12.1. The molecule has 0 aromatic carbocycles. The van der Waals surface area contributed by atoms with Crippen molar-refractivity contribution in [2.75, 3.05) is 14.2 Å². The molecule has 2 aromatic heterocycles. The molecule has 0 bridgehead atoms. The summed E-state index contributed by atoms with van der Waals surface area (Å²) in [4.78, 5) is 12.9. The standard InChI is InChI=1S/C14H18N4O/c1-15-12(7-6-11-5-3-4-8-16-11)13-14(19-2)18-10-9-17-13/h3-5,8-10,12,15H,6-7H2,1-2H3. The van der Waals surface area contributed by atoms with Crippen LogP contribution in [0.5, 0.6) is 5.88 Å². The van der Waals surface area contributed by atoms with Crippen molar-refractivity contribution in [3.8, 4) is 5.88 Å². The highest BCUT2D eigenvalue weighted by Gasteiger charge is 2.16. The Hall–Kier alpha value is -2.01. The van der Waals surface area contributed by atoms with Gasteiger partial charge in [-0.2, -0.15) is 0 Å². The molecule has 2 aromatic rings. The van der Waals surface area contributed by atoms with Gasteiger partial charge in [0, 0.05) is 24.3 Å². The second-order valence-corrected chi connectivity index (χ2v) is 4.15. The van der Waals surface area contributed by atoms with Crippen LogP contribution in [0.2, 0.25) is 0 Å². The second kappa shape index (κ2) is 6.80. The monoisotopic (exact) mass is 258 g/mol. The third-order valence-corrected chi connectivity index (χ3v) is 2.98. The van der Waals surface area contributed by atoms with Crippen LogP contribution in [0.1, 0.15) is 23.9 Å². The average Bonchev–Trinajstić information content (AvgIpc) is 2.49. The van der Waals surface area contributed by atoms with Crippen LogP contribution in [0.15, 0.2) is 36.8 Å². The van der Waals surface area contributed by atoms with Gasteiger partial charge in [-0.15, -0.1) is 0 Å². The Bertz CT molecular complexity index is 504. The molecule has 5 nitrogen and oxygen atoms in total. The fourth-order valence-corrected chi connectivity index (χ4v) is 1.99. The number of nitrogens with zero attached hydrogens (tertiary/aromatic N) is 3. The molecule has 1 unspecified atom stereocenters. The summed E-state index contributed by atoms with van der Waals surface area (Å²) in [6.45, 7) is 0. The van der Waals surface area contributed by atoms with Crippen molar-refractivity contribution in [3.05, 3.63) is 48.2 Å². The van der Waals surface area contributed by atoms with Gasteiger partial charge in [0.05, 0.1) is 13.2 Å². The molecule has 100 valence electrons. The summed E-state index contributed by atoms with van der Waals surface area (Å²) in [7, 11) is 3.52. The lowest BCUT2D eigenvalue weighted by molar-refractivity contribution is 0.376. The van der Waals surface area contributed by atoms with Gasteiger partial charge < -0.3 is 10.1 Å². The van der Waals surface area contributed by atoms with Gasteiger partial charge in [0.2, 0.25) is 5.88 Å². The van der Waals surface area contributed by atoms with E-state index in [1.807, 2.05) is 31.4 Å². The number of rotatable bonds is 6. The summed E-state index contributed by atoms with van der Waals surface area (Å²) in [6.07, 6.45) is 6.90. The molecule has 0 aliphatic heterocycles. The molecule has 0 radical (unpaired) electrons. The first-order chi connectivity index (χ1) is 9.35. The molecule has 0 amide bonds. The molecule has 0 aliphatic rings. The molecule has 0 spiro atoms. The Labute approximate surface area is 113 Å². The molecule has 2 heterocycles. The molecule has 1 atom stereocenters. The Balaban J connectivity index is 2.08. The van der Waals surface area contributed by atoms with Crippen LogP contribution in [-0.2, 0) is 6.42 Å². The van der Waals surface area contributed by atoms with Crippen LogP contribution >= 0.6 is 0 Å². The number of nitrogens with one attached hydrogen (secondary N) is 1. The van der Waals surface area contributed by atoms with Gasteiger partial charge in [-0.3, -0.25) is 9.97 Å². The summed E-state index contributed by atoms with van der Waals surface area (Å²) in [6, 6.07) is 6.05. The number of methoxy groups -OCH3 is 1. The van der Waals surface area contributed by atoms with Crippen LogP contribution in [0.25, 0.3) is 0 Å². The Morgan fingerprint density at radius 3 is 2.68 bits per heavy atom. The third kappa shape index (κ3) is 3.48. The number of hydrogen-bond donors (Lipinski definition) is 1. The van der Waals surface area contributed by atoms with Crippen molar-refractivity contribution in [1.29, 1.82) is 0 Å². The number of ether oxygens (including phenoxy) is 1. The predicted octanol–water partition coefficient (Wildman–Crippen LogP) is 1.77. The molecular weight excluding hydrogens is 240 g/mol. The maximum absolute atomic E-state index is 5.25. The van der Waals surface area contributed by atoms with E-state index in [-0.39, 0.29) is 6.04 Å². The molecule has 19 heavy (non-hydrogen) atoms. The third-order valence-electron chi connectivity index (χ3n) is 2.98. The van der Waals surface area contributed by atoms with Gasteiger partial charge in [0.15, 0.2) is 0 Å². The van der Waals surface area contributed by atoms with Gasteiger partial charge in [-0.05, 0) is 32.0 Å². The maximum Gasteiger partial charge on any atom is 0.236 e. The summed E-state index contributed by atoms with van der Waals surface area (Å²) in [5.74, 6) is 0.572. The van der Waals surface area contributed by atoms with Crippen molar-refractivity contribution in [2.45, 2.75) is 18.9 Å². The van der Waals surface area contributed by atoms with E-state index in [1.165, 1.54) is 0 Å². The summed E-state index contributed by atoms with van der Waals surface area (Å²) in [5, 5.41) is 3.25. The van der Waals surface area contributed by atoms with Crippen molar-refractivity contribution < 1.29 is 4.74 Å².